The van der Waals surface area contributed by atoms with E-state index in [2.05, 4.69) is 45.1 Å². The van der Waals surface area contributed by atoms with Crippen LogP contribution in [0.5, 0.6) is 0 Å². The van der Waals surface area contributed by atoms with Gasteiger partial charge in [0.25, 0.3) is 0 Å². The zero-order valence-corrected chi connectivity index (χ0v) is 12.6. The minimum absolute atomic E-state index is 0.879. The molecule has 3 aromatic rings. The van der Waals surface area contributed by atoms with Gasteiger partial charge in [0.1, 0.15) is 0 Å². The van der Waals surface area contributed by atoms with E-state index in [1.807, 2.05) is 30.3 Å². The molecule has 110 valence electrons. The van der Waals surface area contributed by atoms with Crippen LogP contribution in [0.2, 0.25) is 0 Å². The van der Waals surface area contributed by atoms with Gasteiger partial charge in [-0.1, -0.05) is 12.1 Å². The van der Waals surface area contributed by atoms with Crippen LogP contribution in [0.4, 0.5) is 0 Å². The molecule has 0 saturated heterocycles. The predicted octanol–water partition coefficient (Wildman–Crippen LogP) is 2.26. The smallest absolute Gasteiger partial charge is 0.0958 e. The summed E-state index contributed by atoms with van der Waals surface area (Å²) < 4.78 is 4.13. The summed E-state index contributed by atoms with van der Waals surface area (Å²) in [6, 6.07) is 8.26. The van der Waals surface area contributed by atoms with Gasteiger partial charge in [0.2, 0.25) is 0 Å². The Kier molecular flexibility index (Phi) is 4.01. The lowest BCUT2D eigenvalue weighted by molar-refractivity contribution is 0.587. The normalized spacial score (nSPS) is 11.3. The summed E-state index contributed by atoms with van der Waals surface area (Å²) in [5, 5.41) is 7.73. The van der Waals surface area contributed by atoms with E-state index < -0.39 is 0 Å². The van der Waals surface area contributed by atoms with E-state index in [0.717, 1.165) is 31.6 Å². The highest BCUT2D eigenvalue weighted by molar-refractivity contribution is 5.74. The summed E-state index contributed by atoms with van der Waals surface area (Å²) >= 11 is 0. The third-order valence-corrected chi connectivity index (χ3v) is 3.93. The Morgan fingerprint density at radius 2 is 2.10 bits per heavy atom. The minimum atomic E-state index is 0.879. The van der Waals surface area contributed by atoms with Crippen molar-refractivity contribution in [2.45, 2.75) is 26.4 Å². The molecule has 0 fully saturated rings. The lowest BCUT2D eigenvalue weighted by Gasteiger charge is -2.06. The zero-order chi connectivity index (χ0) is 14.7. The van der Waals surface area contributed by atoms with Crippen LogP contribution >= 0.6 is 0 Å². The van der Waals surface area contributed by atoms with E-state index in [1.165, 1.54) is 16.8 Å². The van der Waals surface area contributed by atoms with Gasteiger partial charge in [0.05, 0.1) is 23.6 Å². The minimum Gasteiger partial charge on any atom is -0.331 e. The zero-order valence-electron chi connectivity index (χ0n) is 12.6. The van der Waals surface area contributed by atoms with Crippen LogP contribution in [0.1, 0.15) is 17.7 Å². The molecule has 0 aliphatic rings. The van der Waals surface area contributed by atoms with Gasteiger partial charge in [0.15, 0.2) is 0 Å². The number of nitrogens with zero attached hydrogens (tertiary/aromatic N) is 4. The third kappa shape index (κ3) is 2.97. The molecule has 21 heavy (non-hydrogen) atoms. The molecule has 0 aliphatic heterocycles. The van der Waals surface area contributed by atoms with Gasteiger partial charge in [-0.15, -0.1) is 0 Å². The predicted molar refractivity (Wildman–Crippen MR) is 84.0 cm³/mol. The van der Waals surface area contributed by atoms with E-state index in [4.69, 9.17) is 0 Å². The van der Waals surface area contributed by atoms with Crippen LogP contribution in [-0.2, 0) is 20.1 Å². The van der Waals surface area contributed by atoms with E-state index in [9.17, 15) is 0 Å². The number of rotatable bonds is 6. The molecule has 0 amide bonds. The molecule has 0 aliphatic carbocycles. The number of aromatic nitrogens is 4. The number of benzene rings is 1. The van der Waals surface area contributed by atoms with Crippen LogP contribution in [0, 0.1) is 6.92 Å². The van der Waals surface area contributed by atoms with Crippen molar-refractivity contribution in [1.29, 1.82) is 0 Å². The topological polar surface area (TPSA) is 47.7 Å². The van der Waals surface area contributed by atoms with Crippen molar-refractivity contribution < 1.29 is 0 Å². The van der Waals surface area contributed by atoms with Crippen molar-refractivity contribution in [2.75, 3.05) is 6.54 Å². The molecule has 5 heteroatoms. The Morgan fingerprint density at radius 1 is 1.24 bits per heavy atom. The Labute approximate surface area is 124 Å². The molecule has 2 heterocycles. The SMILES string of the molecule is Cc1c(CNCCCn2cnc3ccccc32)cnn1C. The van der Waals surface area contributed by atoms with Crippen molar-refractivity contribution in [2.24, 2.45) is 7.05 Å². The van der Waals surface area contributed by atoms with Crippen LogP contribution in [-0.4, -0.2) is 25.9 Å². The third-order valence-electron chi connectivity index (χ3n) is 3.93. The Morgan fingerprint density at radius 3 is 2.90 bits per heavy atom. The Bertz CT molecular complexity index is 725. The maximum atomic E-state index is 4.41. The molecule has 0 saturated carbocycles. The number of nitrogens with one attached hydrogen (secondary N) is 1. The summed E-state index contributed by atoms with van der Waals surface area (Å²) in [4.78, 5) is 4.41. The molecule has 5 nitrogen and oxygen atoms in total. The summed E-state index contributed by atoms with van der Waals surface area (Å²) in [6.45, 7) is 4.95. The average molecular weight is 283 g/mol. The van der Waals surface area contributed by atoms with Crippen LogP contribution in [0.25, 0.3) is 11.0 Å². The molecule has 0 spiro atoms. The molecule has 2 aromatic heterocycles. The van der Waals surface area contributed by atoms with Crippen molar-refractivity contribution in [3.8, 4) is 0 Å². The fraction of sp³-hybridized carbons (Fsp3) is 0.375. The van der Waals surface area contributed by atoms with Crippen molar-refractivity contribution >= 4 is 11.0 Å². The first kappa shape index (κ1) is 13.8. The molecule has 0 unspecified atom stereocenters. The molecule has 0 radical (unpaired) electrons. The van der Waals surface area contributed by atoms with E-state index in [-0.39, 0.29) is 0 Å². The summed E-state index contributed by atoms with van der Waals surface area (Å²) in [5.41, 5.74) is 4.77. The first-order valence-electron chi connectivity index (χ1n) is 7.34. The molecular formula is C16H21N5. The lowest BCUT2D eigenvalue weighted by atomic mass is 10.2. The summed E-state index contributed by atoms with van der Waals surface area (Å²) in [6.07, 6.45) is 4.95. The molecule has 1 N–H and O–H groups in total. The number of hydrogen-bond acceptors (Lipinski definition) is 3. The van der Waals surface area contributed by atoms with Crippen LogP contribution < -0.4 is 5.32 Å². The Hall–Kier alpha value is -2.14. The highest BCUT2D eigenvalue weighted by Gasteiger charge is 2.03. The van der Waals surface area contributed by atoms with Gasteiger partial charge in [-0.05, 0) is 32.0 Å². The largest absolute Gasteiger partial charge is 0.331 e. The van der Waals surface area contributed by atoms with Gasteiger partial charge in [-0.2, -0.15) is 5.10 Å². The van der Waals surface area contributed by atoms with Crippen molar-refractivity contribution in [1.82, 2.24) is 24.6 Å². The average Bonchev–Trinajstić information content (AvgIpc) is 3.05. The number of aryl methyl sites for hydroxylation is 2. The van der Waals surface area contributed by atoms with Gasteiger partial charge in [-0.3, -0.25) is 4.68 Å². The highest BCUT2D eigenvalue weighted by atomic mass is 15.3. The second-order valence-electron chi connectivity index (χ2n) is 5.34. The monoisotopic (exact) mass is 283 g/mol. The summed E-state index contributed by atoms with van der Waals surface area (Å²) in [5.74, 6) is 0. The van der Waals surface area contributed by atoms with Crippen LogP contribution in [0.3, 0.4) is 0 Å². The fourth-order valence-corrected chi connectivity index (χ4v) is 2.50. The molecule has 0 atom stereocenters. The second kappa shape index (κ2) is 6.10. The van der Waals surface area contributed by atoms with Crippen molar-refractivity contribution in [3.63, 3.8) is 0 Å². The summed E-state index contributed by atoms with van der Waals surface area (Å²) in [7, 11) is 1.98. The van der Waals surface area contributed by atoms with E-state index >= 15 is 0 Å². The second-order valence-corrected chi connectivity index (χ2v) is 5.34. The van der Waals surface area contributed by atoms with Gasteiger partial charge in [0, 0.05) is 31.4 Å². The van der Waals surface area contributed by atoms with Gasteiger partial charge < -0.3 is 9.88 Å². The Balaban J connectivity index is 1.47. The maximum Gasteiger partial charge on any atom is 0.0958 e. The quantitative estimate of drug-likeness (QED) is 0.706. The highest BCUT2D eigenvalue weighted by Crippen LogP contribution is 2.12. The first-order valence-corrected chi connectivity index (χ1v) is 7.34. The molecule has 1 aromatic carbocycles. The first-order chi connectivity index (χ1) is 10.3. The molecular weight excluding hydrogens is 262 g/mol. The van der Waals surface area contributed by atoms with Crippen LogP contribution in [0.15, 0.2) is 36.8 Å². The molecule has 0 bridgehead atoms. The standard InChI is InChI=1S/C16H21N5/c1-13-14(11-19-20(13)2)10-17-8-5-9-21-12-18-15-6-3-4-7-16(15)21/h3-4,6-7,11-12,17H,5,8-10H2,1-2H3. The molecule has 3 rings (SSSR count). The number of para-hydroxylation sites is 2. The lowest BCUT2D eigenvalue weighted by Crippen LogP contribution is -2.16. The van der Waals surface area contributed by atoms with E-state index in [1.54, 1.807) is 0 Å². The van der Waals surface area contributed by atoms with Gasteiger partial charge in [-0.25, -0.2) is 4.98 Å². The number of fused-ring (bicyclic) bond motifs is 1. The maximum absolute atomic E-state index is 4.41. The van der Waals surface area contributed by atoms with E-state index in [0.29, 0.717) is 0 Å². The number of hydrogen-bond donors (Lipinski definition) is 1. The van der Waals surface area contributed by atoms with Gasteiger partial charge >= 0.3 is 0 Å². The fourth-order valence-electron chi connectivity index (χ4n) is 2.50. The number of imidazole rings is 1. The van der Waals surface area contributed by atoms with Crippen molar-refractivity contribution in [3.05, 3.63) is 48.0 Å².